The van der Waals surface area contributed by atoms with Crippen LogP contribution in [0, 0.1) is 13.8 Å². The zero-order valence-electron chi connectivity index (χ0n) is 14.3. The van der Waals surface area contributed by atoms with Crippen LogP contribution in [0.3, 0.4) is 0 Å². The minimum atomic E-state index is 0.0531. The highest BCUT2D eigenvalue weighted by Crippen LogP contribution is 2.22. The molecule has 1 aliphatic rings. The number of likely N-dealkylation sites (tertiary alicyclic amines) is 1. The van der Waals surface area contributed by atoms with Gasteiger partial charge >= 0.3 is 6.03 Å². The number of nitrogens with zero attached hydrogens (tertiary/aromatic N) is 4. The first kappa shape index (κ1) is 16.8. The van der Waals surface area contributed by atoms with E-state index < -0.39 is 0 Å². The molecule has 1 aromatic heterocycles. The highest BCUT2D eigenvalue weighted by atomic mass is 16.2. The van der Waals surface area contributed by atoms with E-state index in [2.05, 4.69) is 42.2 Å². The van der Waals surface area contributed by atoms with Crippen molar-refractivity contribution in [3.8, 4) is 0 Å². The molecule has 2 heterocycles. The maximum Gasteiger partial charge on any atom is 0.317 e. The van der Waals surface area contributed by atoms with Gasteiger partial charge in [-0.3, -0.25) is 4.68 Å². The third-order valence-electron chi connectivity index (χ3n) is 4.36. The number of rotatable bonds is 7. The number of nitrogens with one attached hydrogen (secondary N) is 1. The average Bonchev–Trinajstić information content (AvgIpc) is 2.76. The van der Waals surface area contributed by atoms with Crippen molar-refractivity contribution in [2.45, 2.75) is 40.2 Å². The molecule has 6 heteroatoms. The van der Waals surface area contributed by atoms with Crippen LogP contribution in [0.5, 0.6) is 0 Å². The van der Waals surface area contributed by atoms with E-state index in [4.69, 9.17) is 0 Å². The van der Waals surface area contributed by atoms with Gasteiger partial charge in [-0.05, 0) is 46.0 Å². The fourth-order valence-corrected chi connectivity index (χ4v) is 2.94. The van der Waals surface area contributed by atoms with Crippen LogP contribution in [0.15, 0.2) is 6.07 Å². The van der Waals surface area contributed by atoms with Gasteiger partial charge in [-0.25, -0.2) is 4.79 Å². The molecule has 1 aromatic rings. The lowest BCUT2D eigenvalue weighted by Crippen LogP contribution is -2.54. The first-order chi connectivity index (χ1) is 10.5. The molecular weight excluding hydrogens is 278 g/mol. The van der Waals surface area contributed by atoms with Gasteiger partial charge in [0.1, 0.15) is 0 Å². The molecule has 0 spiro atoms. The molecule has 1 aliphatic heterocycles. The first-order valence-electron chi connectivity index (χ1n) is 8.33. The molecule has 0 unspecified atom stereocenters. The van der Waals surface area contributed by atoms with Gasteiger partial charge in [-0.2, -0.15) is 5.10 Å². The monoisotopic (exact) mass is 307 g/mol. The van der Waals surface area contributed by atoms with Gasteiger partial charge in [-0.1, -0.05) is 13.8 Å². The summed E-state index contributed by atoms with van der Waals surface area (Å²) >= 11 is 0. The number of hydrogen-bond donors (Lipinski definition) is 1. The third kappa shape index (κ3) is 4.00. The number of carbonyl (C=O) groups is 1. The predicted molar refractivity (Wildman–Crippen MR) is 88.1 cm³/mol. The van der Waals surface area contributed by atoms with Crippen molar-refractivity contribution in [2.75, 3.05) is 39.3 Å². The van der Waals surface area contributed by atoms with Crippen LogP contribution in [0.25, 0.3) is 0 Å². The normalized spacial score (nSPS) is 15.2. The molecule has 0 saturated carbocycles. The molecule has 0 aromatic carbocycles. The van der Waals surface area contributed by atoms with Gasteiger partial charge in [0, 0.05) is 25.3 Å². The number of hydrogen-bond acceptors (Lipinski definition) is 3. The summed E-state index contributed by atoms with van der Waals surface area (Å²) in [6.07, 6.45) is 1.00. The van der Waals surface area contributed by atoms with Crippen LogP contribution in [0.1, 0.15) is 37.7 Å². The molecule has 0 radical (unpaired) electrons. The van der Waals surface area contributed by atoms with Crippen molar-refractivity contribution in [1.29, 1.82) is 0 Å². The zero-order valence-corrected chi connectivity index (χ0v) is 14.3. The summed E-state index contributed by atoms with van der Waals surface area (Å²) < 4.78 is 2.04. The van der Waals surface area contributed by atoms with Gasteiger partial charge in [0.05, 0.1) is 11.7 Å². The minimum Gasteiger partial charge on any atom is -0.338 e. The van der Waals surface area contributed by atoms with Crippen molar-refractivity contribution in [3.63, 3.8) is 0 Å². The predicted octanol–water partition coefficient (Wildman–Crippen LogP) is 1.80. The Morgan fingerprint density at radius 2 is 2.05 bits per heavy atom. The second-order valence-electron chi connectivity index (χ2n) is 6.04. The Hall–Kier alpha value is -1.56. The van der Waals surface area contributed by atoms with Crippen LogP contribution in [0.2, 0.25) is 0 Å². The summed E-state index contributed by atoms with van der Waals surface area (Å²) in [7, 11) is 0. The Kier molecular flexibility index (Phi) is 5.83. The maximum absolute atomic E-state index is 12.0. The van der Waals surface area contributed by atoms with E-state index in [-0.39, 0.29) is 6.03 Å². The molecule has 6 nitrogen and oxygen atoms in total. The van der Waals surface area contributed by atoms with Crippen LogP contribution in [0.4, 0.5) is 4.79 Å². The summed E-state index contributed by atoms with van der Waals surface area (Å²) in [6, 6.07) is 2.46. The summed E-state index contributed by atoms with van der Waals surface area (Å²) in [5.74, 6) is 0. The van der Waals surface area contributed by atoms with Crippen molar-refractivity contribution < 1.29 is 4.79 Å². The maximum atomic E-state index is 12.0. The molecular formula is C16H29N5O. The molecule has 0 bridgehead atoms. The smallest absolute Gasteiger partial charge is 0.317 e. The van der Waals surface area contributed by atoms with Crippen molar-refractivity contribution in [3.05, 3.63) is 17.5 Å². The summed E-state index contributed by atoms with van der Waals surface area (Å²) in [4.78, 5) is 16.3. The fourth-order valence-electron chi connectivity index (χ4n) is 2.94. The molecule has 22 heavy (non-hydrogen) atoms. The van der Waals surface area contributed by atoms with Gasteiger partial charge in [0.15, 0.2) is 0 Å². The Labute approximate surface area is 133 Å². The van der Waals surface area contributed by atoms with E-state index in [1.807, 2.05) is 16.5 Å². The van der Waals surface area contributed by atoms with Crippen LogP contribution in [-0.2, 0) is 0 Å². The molecule has 124 valence electrons. The lowest BCUT2D eigenvalue weighted by molar-refractivity contribution is 0.117. The topological polar surface area (TPSA) is 53.4 Å². The molecule has 2 amide bonds. The number of carbonyl (C=O) groups excluding carboxylic acids is 1. The molecule has 1 N–H and O–H groups in total. The lowest BCUT2D eigenvalue weighted by atomic mass is 10.1. The van der Waals surface area contributed by atoms with Crippen LogP contribution < -0.4 is 5.32 Å². The van der Waals surface area contributed by atoms with E-state index in [0.717, 1.165) is 51.4 Å². The molecule has 2 rings (SSSR count). The number of aromatic nitrogens is 2. The Bertz CT molecular complexity index is 489. The van der Waals surface area contributed by atoms with Gasteiger partial charge < -0.3 is 15.1 Å². The zero-order chi connectivity index (χ0) is 16.1. The Morgan fingerprint density at radius 3 is 2.59 bits per heavy atom. The highest BCUT2D eigenvalue weighted by molar-refractivity contribution is 5.75. The number of aryl methyl sites for hydroxylation is 2. The van der Waals surface area contributed by atoms with Crippen molar-refractivity contribution >= 4 is 6.03 Å². The largest absolute Gasteiger partial charge is 0.338 e. The average molecular weight is 307 g/mol. The minimum absolute atomic E-state index is 0.0531. The van der Waals surface area contributed by atoms with Crippen LogP contribution in [-0.4, -0.2) is 64.9 Å². The highest BCUT2D eigenvalue weighted by Gasteiger charge is 2.32. The van der Waals surface area contributed by atoms with E-state index in [9.17, 15) is 4.79 Å². The van der Waals surface area contributed by atoms with E-state index >= 15 is 0 Å². The van der Waals surface area contributed by atoms with Gasteiger partial charge in [0.25, 0.3) is 0 Å². The summed E-state index contributed by atoms with van der Waals surface area (Å²) in [5, 5.41) is 7.50. The summed E-state index contributed by atoms with van der Waals surface area (Å²) in [5.41, 5.74) is 2.21. The second kappa shape index (κ2) is 7.63. The Morgan fingerprint density at radius 1 is 1.36 bits per heavy atom. The third-order valence-corrected chi connectivity index (χ3v) is 4.36. The first-order valence-corrected chi connectivity index (χ1v) is 8.33. The van der Waals surface area contributed by atoms with E-state index in [1.165, 1.54) is 5.69 Å². The second-order valence-corrected chi connectivity index (χ2v) is 6.04. The van der Waals surface area contributed by atoms with E-state index in [0.29, 0.717) is 6.04 Å². The van der Waals surface area contributed by atoms with Crippen molar-refractivity contribution in [2.24, 2.45) is 0 Å². The van der Waals surface area contributed by atoms with Gasteiger partial charge in [-0.15, -0.1) is 0 Å². The molecule has 0 atom stereocenters. The summed E-state index contributed by atoms with van der Waals surface area (Å²) in [6.45, 7) is 13.8. The molecule has 1 saturated heterocycles. The molecule has 0 aliphatic carbocycles. The quantitative estimate of drug-likeness (QED) is 0.782. The standard InChI is InChI=1S/C16H29N5O/c1-5-19(6-2)9-7-8-17-16(22)20-11-15(12-20)21-14(4)10-13(3)18-21/h10,15H,5-9,11-12H2,1-4H3,(H,17,22). The Balaban J connectivity index is 1.66. The number of urea groups is 1. The van der Waals surface area contributed by atoms with E-state index in [1.54, 1.807) is 0 Å². The number of amides is 2. The van der Waals surface area contributed by atoms with Crippen LogP contribution >= 0.6 is 0 Å². The lowest BCUT2D eigenvalue weighted by Gasteiger charge is -2.39. The fraction of sp³-hybridized carbons (Fsp3) is 0.750. The molecule has 1 fully saturated rings. The SMILES string of the molecule is CCN(CC)CCCNC(=O)N1CC(n2nc(C)cc2C)C1. The van der Waals surface area contributed by atoms with Crippen molar-refractivity contribution in [1.82, 2.24) is 24.9 Å². The van der Waals surface area contributed by atoms with Gasteiger partial charge in [0.2, 0.25) is 0 Å².